The van der Waals surface area contributed by atoms with Crippen molar-refractivity contribution < 1.29 is 0 Å². The highest BCUT2D eigenvalue weighted by Crippen LogP contribution is 2.11. The van der Waals surface area contributed by atoms with Crippen LogP contribution >= 0.6 is 0 Å². The Balaban J connectivity index is 1.92. The average Bonchev–Trinajstić information content (AvgIpc) is 2.31. The van der Waals surface area contributed by atoms with Crippen LogP contribution in [0.3, 0.4) is 0 Å². The molecule has 0 saturated carbocycles. The minimum absolute atomic E-state index is 0.817. The molecule has 1 unspecified atom stereocenters. The summed E-state index contributed by atoms with van der Waals surface area (Å²) < 4.78 is 0. The molecule has 2 heteroatoms. The summed E-state index contributed by atoms with van der Waals surface area (Å²) >= 11 is 0. The summed E-state index contributed by atoms with van der Waals surface area (Å²) in [5.74, 6) is 0. The van der Waals surface area contributed by atoms with E-state index in [1.807, 2.05) is 0 Å². The van der Waals surface area contributed by atoms with Gasteiger partial charge in [0, 0.05) is 6.04 Å². The van der Waals surface area contributed by atoms with Crippen molar-refractivity contribution in [2.45, 2.75) is 64.3 Å². The van der Waals surface area contributed by atoms with Gasteiger partial charge in [0.2, 0.25) is 0 Å². The van der Waals surface area contributed by atoms with Crippen molar-refractivity contribution in [3.8, 4) is 0 Å². The molecular weight excluding hydrogens is 196 g/mol. The first-order valence-electron chi connectivity index (χ1n) is 7.25. The first kappa shape index (κ1) is 14.0. The molecule has 0 aromatic rings. The molecule has 1 N–H and O–H groups in total. The Labute approximate surface area is 102 Å². The van der Waals surface area contributed by atoms with Crippen LogP contribution in [0.25, 0.3) is 0 Å². The topological polar surface area (TPSA) is 15.3 Å². The van der Waals surface area contributed by atoms with Crippen LogP contribution in [0.4, 0.5) is 0 Å². The predicted octanol–water partition coefficient (Wildman–Crippen LogP) is 3.03. The summed E-state index contributed by atoms with van der Waals surface area (Å²) in [6.07, 6.45) is 11.0. The number of piperidine rings is 1. The molecular formula is C14H30N2. The highest BCUT2D eigenvalue weighted by molar-refractivity contribution is 4.72. The smallest absolute Gasteiger partial charge is 0.00675 e. The number of rotatable bonds is 8. The largest absolute Gasteiger partial charge is 0.314 e. The first-order valence-corrected chi connectivity index (χ1v) is 7.25. The van der Waals surface area contributed by atoms with Crippen molar-refractivity contribution in [2.75, 3.05) is 26.7 Å². The molecule has 16 heavy (non-hydrogen) atoms. The third-order valence-electron chi connectivity index (χ3n) is 3.65. The SMILES string of the molecule is CCCCCN(C)CCCC1CCCCN1. The molecule has 0 radical (unpaired) electrons. The zero-order valence-corrected chi connectivity index (χ0v) is 11.3. The van der Waals surface area contributed by atoms with Crippen molar-refractivity contribution in [3.63, 3.8) is 0 Å². The van der Waals surface area contributed by atoms with Gasteiger partial charge >= 0.3 is 0 Å². The highest BCUT2D eigenvalue weighted by atomic mass is 15.1. The van der Waals surface area contributed by atoms with Crippen molar-refractivity contribution in [3.05, 3.63) is 0 Å². The minimum Gasteiger partial charge on any atom is -0.314 e. The Bertz CT molecular complexity index is 153. The Kier molecular flexibility index (Phi) is 7.87. The van der Waals surface area contributed by atoms with E-state index in [9.17, 15) is 0 Å². The molecule has 1 heterocycles. The van der Waals surface area contributed by atoms with Crippen molar-refractivity contribution >= 4 is 0 Å². The van der Waals surface area contributed by atoms with E-state index in [0.717, 1.165) is 6.04 Å². The van der Waals surface area contributed by atoms with Gasteiger partial charge < -0.3 is 10.2 Å². The third-order valence-corrected chi connectivity index (χ3v) is 3.65. The molecule has 1 fully saturated rings. The van der Waals surface area contributed by atoms with Crippen LogP contribution < -0.4 is 5.32 Å². The second-order valence-corrected chi connectivity index (χ2v) is 5.30. The molecule has 0 aromatic heterocycles. The number of unbranched alkanes of at least 4 members (excludes halogenated alkanes) is 2. The van der Waals surface area contributed by atoms with Gasteiger partial charge in [0.25, 0.3) is 0 Å². The lowest BCUT2D eigenvalue weighted by Crippen LogP contribution is -2.34. The Morgan fingerprint density at radius 1 is 1.12 bits per heavy atom. The lowest BCUT2D eigenvalue weighted by atomic mass is 10.0. The molecule has 0 amide bonds. The summed E-state index contributed by atoms with van der Waals surface area (Å²) in [5, 5.41) is 3.63. The number of hydrogen-bond donors (Lipinski definition) is 1. The Hall–Kier alpha value is -0.0800. The first-order chi connectivity index (χ1) is 7.83. The molecule has 1 saturated heterocycles. The van der Waals surface area contributed by atoms with E-state index < -0.39 is 0 Å². The second kappa shape index (κ2) is 9.00. The molecule has 1 atom stereocenters. The zero-order chi connectivity index (χ0) is 11.6. The van der Waals surface area contributed by atoms with Crippen LogP contribution in [-0.2, 0) is 0 Å². The van der Waals surface area contributed by atoms with Gasteiger partial charge in [-0.05, 0) is 58.8 Å². The van der Waals surface area contributed by atoms with Gasteiger partial charge in [-0.25, -0.2) is 0 Å². The van der Waals surface area contributed by atoms with E-state index in [0.29, 0.717) is 0 Å². The van der Waals surface area contributed by atoms with Crippen LogP contribution in [0.2, 0.25) is 0 Å². The van der Waals surface area contributed by atoms with E-state index in [4.69, 9.17) is 0 Å². The molecule has 0 spiro atoms. The molecule has 0 bridgehead atoms. The predicted molar refractivity (Wildman–Crippen MR) is 71.9 cm³/mol. The van der Waals surface area contributed by atoms with E-state index in [1.165, 1.54) is 71.0 Å². The van der Waals surface area contributed by atoms with Gasteiger partial charge in [-0.3, -0.25) is 0 Å². The fourth-order valence-corrected chi connectivity index (χ4v) is 2.52. The van der Waals surface area contributed by atoms with Gasteiger partial charge in [0.15, 0.2) is 0 Å². The van der Waals surface area contributed by atoms with Crippen LogP contribution in [-0.4, -0.2) is 37.6 Å². The maximum absolute atomic E-state index is 3.63. The van der Waals surface area contributed by atoms with Gasteiger partial charge in [0.1, 0.15) is 0 Å². The molecule has 1 rings (SSSR count). The van der Waals surface area contributed by atoms with Gasteiger partial charge in [-0.1, -0.05) is 26.2 Å². The summed E-state index contributed by atoms with van der Waals surface area (Å²) in [4.78, 5) is 2.50. The second-order valence-electron chi connectivity index (χ2n) is 5.30. The van der Waals surface area contributed by atoms with Gasteiger partial charge in [-0.2, -0.15) is 0 Å². The third kappa shape index (κ3) is 6.49. The molecule has 1 aliphatic heterocycles. The number of hydrogen-bond acceptors (Lipinski definition) is 2. The average molecular weight is 226 g/mol. The zero-order valence-electron chi connectivity index (χ0n) is 11.3. The summed E-state index contributed by atoms with van der Waals surface area (Å²) in [6, 6.07) is 0.817. The minimum atomic E-state index is 0.817. The summed E-state index contributed by atoms with van der Waals surface area (Å²) in [6.45, 7) is 6.08. The monoisotopic (exact) mass is 226 g/mol. The van der Waals surface area contributed by atoms with E-state index in [1.54, 1.807) is 0 Å². The standard InChI is InChI=1S/C14H30N2/c1-3-4-7-12-16(2)13-8-10-14-9-5-6-11-15-14/h14-15H,3-13H2,1-2H3. The summed E-state index contributed by atoms with van der Waals surface area (Å²) in [7, 11) is 2.27. The fourth-order valence-electron chi connectivity index (χ4n) is 2.52. The lowest BCUT2D eigenvalue weighted by Gasteiger charge is -2.24. The van der Waals surface area contributed by atoms with Gasteiger partial charge in [0.05, 0.1) is 0 Å². The van der Waals surface area contributed by atoms with Crippen LogP contribution in [0.15, 0.2) is 0 Å². The van der Waals surface area contributed by atoms with Gasteiger partial charge in [-0.15, -0.1) is 0 Å². The maximum Gasteiger partial charge on any atom is 0.00675 e. The molecule has 96 valence electrons. The molecule has 2 nitrogen and oxygen atoms in total. The van der Waals surface area contributed by atoms with Crippen molar-refractivity contribution in [2.24, 2.45) is 0 Å². The van der Waals surface area contributed by atoms with Crippen molar-refractivity contribution in [1.82, 2.24) is 10.2 Å². The summed E-state index contributed by atoms with van der Waals surface area (Å²) in [5.41, 5.74) is 0. The van der Waals surface area contributed by atoms with E-state index >= 15 is 0 Å². The van der Waals surface area contributed by atoms with E-state index in [2.05, 4.69) is 24.2 Å². The van der Waals surface area contributed by atoms with Crippen LogP contribution in [0.5, 0.6) is 0 Å². The lowest BCUT2D eigenvalue weighted by molar-refractivity contribution is 0.298. The normalized spacial score (nSPS) is 21.6. The highest BCUT2D eigenvalue weighted by Gasteiger charge is 2.11. The molecule has 0 aliphatic carbocycles. The number of nitrogens with zero attached hydrogens (tertiary/aromatic N) is 1. The fraction of sp³-hybridized carbons (Fsp3) is 1.00. The number of nitrogens with one attached hydrogen (secondary N) is 1. The molecule has 1 aliphatic rings. The van der Waals surface area contributed by atoms with Crippen LogP contribution in [0.1, 0.15) is 58.3 Å². The van der Waals surface area contributed by atoms with E-state index in [-0.39, 0.29) is 0 Å². The quantitative estimate of drug-likeness (QED) is 0.640. The maximum atomic E-state index is 3.63. The Morgan fingerprint density at radius 3 is 2.62 bits per heavy atom. The van der Waals surface area contributed by atoms with Crippen molar-refractivity contribution in [1.29, 1.82) is 0 Å². The Morgan fingerprint density at radius 2 is 1.94 bits per heavy atom. The molecule has 0 aromatic carbocycles. The van der Waals surface area contributed by atoms with Crippen LogP contribution in [0, 0.1) is 0 Å².